The molecule has 0 saturated carbocycles. The highest BCUT2D eigenvalue weighted by Crippen LogP contribution is 2.18. The van der Waals surface area contributed by atoms with E-state index in [1.807, 2.05) is 11.6 Å². The molecule has 0 bridgehead atoms. The van der Waals surface area contributed by atoms with Crippen LogP contribution in [0.15, 0.2) is 0 Å². The predicted molar refractivity (Wildman–Crippen MR) is 60.6 cm³/mol. The van der Waals surface area contributed by atoms with Gasteiger partial charge >= 0.3 is 0 Å². The molecule has 15 heavy (non-hydrogen) atoms. The number of H-pyrrole nitrogens is 1. The van der Waals surface area contributed by atoms with Crippen molar-refractivity contribution >= 4 is 18.2 Å². The lowest BCUT2D eigenvalue weighted by atomic mass is 10.2. The Hall–Kier alpha value is -0.880. The van der Waals surface area contributed by atoms with E-state index in [1.165, 1.54) is 0 Å². The van der Waals surface area contributed by atoms with E-state index in [2.05, 4.69) is 22.0 Å². The zero-order valence-corrected chi connectivity index (χ0v) is 9.88. The molecule has 2 rings (SSSR count). The van der Waals surface area contributed by atoms with E-state index < -0.39 is 0 Å². The van der Waals surface area contributed by atoms with Crippen LogP contribution in [0.3, 0.4) is 0 Å². The molecule has 1 fully saturated rings. The molecule has 1 saturated heterocycles. The van der Waals surface area contributed by atoms with Crippen LogP contribution in [0, 0.1) is 4.77 Å². The van der Waals surface area contributed by atoms with Crippen LogP contribution < -0.4 is 4.90 Å². The monoisotopic (exact) mass is 228 g/mol. The Morgan fingerprint density at radius 1 is 1.67 bits per heavy atom. The van der Waals surface area contributed by atoms with Gasteiger partial charge in [0.2, 0.25) is 5.95 Å². The van der Waals surface area contributed by atoms with E-state index in [9.17, 15) is 0 Å². The molecule has 0 radical (unpaired) electrons. The molecule has 5 nitrogen and oxygen atoms in total. The van der Waals surface area contributed by atoms with Gasteiger partial charge < -0.3 is 9.64 Å². The van der Waals surface area contributed by atoms with Crippen LogP contribution in [0.2, 0.25) is 0 Å². The fourth-order valence-electron chi connectivity index (χ4n) is 1.85. The van der Waals surface area contributed by atoms with Crippen LogP contribution in [0.25, 0.3) is 0 Å². The molecule has 0 aliphatic carbocycles. The molecule has 1 aliphatic rings. The number of hydrogen-bond acceptors (Lipinski definition) is 4. The van der Waals surface area contributed by atoms with Crippen molar-refractivity contribution in [1.29, 1.82) is 0 Å². The van der Waals surface area contributed by atoms with Crippen molar-refractivity contribution in [2.75, 3.05) is 24.7 Å². The molecule has 1 aromatic rings. The third kappa shape index (κ3) is 1.91. The fraction of sp³-hybridized carbons (Fsp3) is 0.778. The van der Waals surface area contributed by atoms with Crippen LogP contribution in [0.4, 0.5) is 5.95 Å². The largest absolute Gasteiger partial charge is 0.377 e. The Morgan fingerprint density at radius 3 is 3.07 bits per heavy atom. The lowest BCUT2D eigenvalue weighted by Crippen LogP contribution is -2.46. The van der Waals surface area contributed by atoms with Crippen molar-refractivity contribution in [2.45, 2.75) is 19.4 Å². The third-order valence-corrected chi connectivity index (χ3v) is 3.18. The van der Waals surface area contributed by atoms with Gasteiger partial charge in [-0.25, -0.2) is 5.10 Å². The van der Waals surface area contributed by atoms with Gasteiger partial charge in [0, 0.05) is 13.6 Å². The van der Waals surface area contributed by atoms with Crippen molar-refractivity contribution < 1.29 is 4.74 Å². The SMILES string of the molecule is CCC1COCCN1c1n[nH]c(=S)n1C. The molecule has 1 N–H and O–H groups in total. The lowest BCUT2D eigenvalue weighted by Gasteiger charge is -2.35. The van der Waals surface area contributed by atoms with Gasteiger partial charge in [0.25, 0.3) is 0 Å². The summed E-state index contributed by atoms with van der Waals surface area (Å²) in [4.78, 5) is 2.26. The van der Waals surface area contributed by atoms with Crippen molar-refractivity contribution in [1.82, 2.24) is 14.8 Å². The van der Waals surface area contributed by atoms with E-state index >= 15 is 0 Å². The summed E-state index contributed by atoms with van der Waals surface area (Å²) in [5.74, 6) is 0.912. The van der Waals surface area contributed by atoms with Crippen molar-refractivity contribution in [3.05, 3.63) is 4.77 Å². The maximum absolute atomic E-state index is 5.46. The predicted octanol–water partition coefficient (Wildman–Crippen LogP) is 1.09. The standard InChI is InChI=1S/C9H16N4OS/c1-3-7-6-14-5-4-13(7)8-10-11-9(15)12(8)2/h7H,3-6H2,1-2H3,(H,11,15). The van der Waals surface area contributed by atoms with Crippen LogP contribution >= 0.6 is 12.2 Å². The number of aromatic nitrogens is 3. The Morgan fingerprint density at radius 2 is 2.47 bits per heavy atom. The molecule has 6 heteroatoms. The van der Waals surface area contributed by atoms with Gasteiger partial charge in [-0.05, 0) is 18.6 Å². The molecule has 0 amide bonds. The summed E-state index contributed by atoms with van der Waals surface area (Å²) in [6.45, 7) is 4.58. The second kappa shape index (κ2) is 4.32. The maximum Gasteiger partial charge on any atom is 0.225 e. The minimum Gasteiger partial charge on any atom is -0.377 e. The first-order valence-electron chi connectivity index (χ1n) is 5.19. The Bertz CT molecular complexity index is 386. The normalized spacial score (nSPS) is 22.0. The van der Waals surface area contributed by atoms with E-state index in [4.69, 9.17) is 17.0 Å². The molecule has 1 atom stereocenters. The summed E-state index contributed by atoms with van der Waals surface area (Å²) in [7, 11) is 1.93. The summed E-state index contributed by atoms with van der Waals surface area (Å²) >= 11 is 5.11. The van der Waals surface area contributed by atoms with Gasteiger partial charge in [0.1, 0.15) is 0 Å². The fourth-order valence-corrected chi connectivity index (χ4v) is 1.98. The summed E-state index contributed by atoms with van der Waals surface area (Å²) in [6, 6.07) is 0.405. The Labute approximate surface area is 94.0 Å². The quantitative estimate of drug-likeness (QED) is 0.770. The van der Waals surface area contributed by atoms with Gasteiger partial charge in [-0.3, -0.25) is 4.57 Å². The number of hydrogen-bond donors (Lipinski definition) is 1. The van der Waals surface area contributed by atoms with Crippen LogP contribution in [-0.4, -0.2) is 40.6 Å². The average molecular weight is 228 g/mol. The molecule has 0 spiro atoms. The average Bonchev–Trinajstić information content (AvgIpc) is 2.60. The van der Waals surface area contributed by atoms with Gasteiger partial charge in [-0.2, -0.15) is 0 Å². The van der Waals surface area contributed by atoms with Crippen molar-refractivity contribution in [3.8, 4) is 0 Å². The van der Waals surface area contributed by atoms with E-state index in [-0.39, 0.29) is 0 Å². The smallest absolute Gasteiger partial charge is 0.225 e. The highest BCUT2D eigenvalue weighted by molar-refractivity contribution is 7.71. The molecular formula is C9H16N4OS. The summed E-state index contributed by atoms with van der Waals surface area (Å²) < 4.78 is 8.02. The second-order valence-corrected chi connectivity index (χ2v) is 4.10. The minimum atomic E-state index is 0.405. The van der Waals surface area contributed by atoms with Crippen LogP contribution in [0.5, 0.6) is 0 Å². The molecule has 84 valence electrons. The zero-order chi connectivity index (χ0) is 10.8. The maximum atomic E-state index is 5.46. The number of aromatic amines is 1. The highest BCUT2D eigenvalue weighted by atomic mass is 32.1. The molecule has 0 aromatic carbocycles. The van der Waals surface area contributed by atoms with Crippen LogP contribution in [0.1, 0.15) is 13.3 Å². The minimum absolute atomic E-state index is 0.405. The highest BCUT2D eigenvalue weighted by Gasteiger charge is 2.24. The van der Waals surface area contributed by atoms with Gasteiger partial charge in [0.15, 0.2) is 4.77 Å². The third-order valence-electron chi connectivity index (χ3n) is 2.81. The number of nitrogens with zero attached hydrogens (tertiary/aromatic N) is 3. The zero-order valence-electron chi connectivity index (χ0n) is 9.06. The van der Waals surface area contributed by atoms with Crippen molar-refractivity contribution in [2.24, 2.45) is 7.05 Å². The number of anilines is 1. The van der Waals surface area contributed by atoms with Crippen LogP contribution in [-0.2, 0) is 11.8 Å². The molecular weight excluding hydrogens is 212 g/mol. The second-order valence-electron chi connectivity index (χ2n) is 3.72. The number of nitrogens with one attached hydrogen (secondary N) is 1. The van der Waals surface area contributed by atoms with E-state index in [0.717, 1.165) is 32.1 Å². The Balaban J connectivity index is 2.28. The first-order valence-corrected chi connectivity index (χ1v) is 5.60. The molecule has 1 aromatic heterocycles. The van der Waals surface area contributed by atoms with Crippen molar-refractivity contribution in [3.63, 3.8) is 0 Å². The summed E-state index contributed by atoms with van der Waals surface area (Å²) in [5.41, 5.74) is 0. The molecule has 1 unspecified atom stereocenters. The summed E-state index contributed by atoms with van der Waals surface area (Å²) in [6.07, 6.45) is 1.06. The molecule has 2 heterocycles. The molecule has 1 aliphatic heterocycles. The van der Waals surface area contributed by atoms with E-state index in [0.29, 0.717) is 10.8 Å². The van der Waals surface area contributed by atoms with Gasteiger partial charge in [0.05, 0.1) is 19.3 Å². The number of ether oxygens (including phenoxy) is 1. The summed E-state index contributed by atoms with van der Waals surface area (Å²) in [5, 5.41) is 7.07. The number of rotatable bonds is 2. The van der Waals surface area contributed by atoms with Gasteiger partial charge in [-0.1, -0.05) is 6.92 Å². The first kappa shape index (κ1) is 10.6. The first-order chi connectivity index (χ1) is 7.24. The lowest BCUT2D eigenvalue weighted by molar-refractivity contribution is 0.0918. The van der Waals surface area contributed by atoms with Gasteiger partial charge in [-0.15, -0.1) is 5.10 Å². The topological polar surface area (TPSA) is 46.1 Å². The Kier molecular flexibility index (Phi) is 3.06. The van der Waals surface area contributed by atoms with E-state index in [1.54, 1.807) is 0 Å². The number of morpholine rings is 1.